The third-order valence-electron chi connectivity index (χ3n) is 12.8. The van der Waals surface area contributed by atoms with Crippen LogP contribution in [0.25, 0.3) is 0 Å². The van der Waals surface area contributed by atoms with E-state index in [2.05, 4.69) is 86.8 Å². The van der Waals surface area contributed by atoms with Crippen LogP contribution >= 0.6 is 0 Å². The Morgan fingerprint density at radius 3 is 1.34 bits per heavy atom. The molecule has 392 valence electrons. The second-order valence-corrected chi connectivity index (χ2v) is 19.5. The molecule has 1 amide bonds. The topological polar surface area (TPSA) is 95.9 Å². The lowest BCUT2D eigenvalue weighted by atomic mass is 10.0. The molecule has 0 aliphatic rings. The highest BCUT2D eigenvalue weighted by atomic mass is 16.5. The Bertz CT molecular complexity index is 1290. The van der Waals surface area contributed by atoms with Gasteiger partial charge in [0.05, 0.1) is 25.2 Å². The Kier molecular flexibility index (Phi) is 52.6. The number of rotatable bonds is 51. The fourth-order valence-electron chi connectivity index (χ4n) is 8.43. The molecule has 0 saturated heterocycles. The normalized spacial score (nSPS) is 13.8. The number of esters is 1. The summed E-state index contributed by atoms with van der Waals surface area (Å²) in [5.41, 5.74) is 0. The van der Waals surface area contributed by atoms with Gasteiger partial charge in [-0.1, -0.05) is 266 Å². The lowest BCUT2D eigenvalue weighted by molar-refractivity contribution is -0.151. The van der Waals surface area contributed by atoms with Crippen molar-refractivity contribution in [3.8, 4) is 0 Å². The molecule has 0 bridgehead atoms. The van der Waals surface area contributed by atoms with Gasteiger partial charge in [-0.3, -0.25) is 9.59 Å². The van der Waals surface area contributed by atoms with E-state index in [1.54, 1.807) is 0 Å². The van der Waals surface area contributed by atoms with E-state index in [0.717, 1.165) is 96.3 Å². The summed E-state index contributed by atoms with van der Waals surface area (Å²) in [6.07, 6.45) is 72.0. The Morgan fingerprint density at radius 1 is 0.441 bits per heavy atom. The first kappa shape index (κ1) is 65.0. The third-order valence-corrected chi connectivity index (χ3v) is 12.8. The van der Waals surface area contributed by atoms with Gasteiger partial charge in [-0.25, -0.2) is 0 Å². The Labute approximate surface area is 421 Å². The fraction of sp³-hybridized carbons (Fsp3) is 0.742. The predicted octanol–water partition coefficient (Wildman–Crippen LogP) is 17.9. The molecule has 0 heterocycles. The number of hydrogen-bond acceptors (Lipinski definition) is 5. The third kappa shape index (κ3) is 49.5. The second-order valence-electron chi connectivity index (χ2n) is 19.5. The molecule has 6 heteroatoms. The zero-order valence-corrected chi connectivity index (χ0v) is 44.7. The SMILES string of the molecule is CCC/C=C/C=C/C=C/C=C/C=C/CCCCCCCC(=O)OC(CCCCCCCCC/C=C\C/C=C\CCCCC)CC(=O)NC(CO)C(O)CCCCCCCCCCCCCCCC. The van der Waals surface area contributed by atoms with E-state index in [1.807, 2.05) is 24.3 Å². The largest absolute Gasteiger partial charge is 0.462 e. The molecule has 3 unspecified atom stereocenters. The molecule has 3 N–H and O–H groups in total. The van der Waals surface area contributed by atoms with Gasteiger partial charge in [-0.2, -0.15) is 0 Å². The lowest BCUT2D eigenvalue weighted by Crippen LogP contribution is -2.46. The van der Waals surface area contributed by atoms with E-state index in [-0.39, 0.29) is 24.9 Å². The quantitative estimate of drug-likeness (QED) is 0.0244. The lowest BCUT2D eigenvalue weighted by Gasteiger charge is -2.24. The average molecular weight is 949 g/mol. The molecular formula is C62H109NO5. The number of aliphatic hydroxyl groups excluding tert-OH is 2. The van der Waals surface area contributed by atoms with Crippen LogP contribution < -0.4 is 5.32 Å². The first-order valence-electron chi connectivity index (χ1n) is 28.9. The van der Waals surface area contributed by atoms with E-state index in [4.69, 9.17) is 4.74 Å². The maximum absolute atomic E-state index is 13.3. The van der Waals surface area contributed by atoms with Crippen molar-refractivity contribution >= 4 is 11.9 Å². The molecule has 0 aromatic heterocycles. The molecule has 0 fully saturated rings. The van der Waals surface area contributed by atoms with Crippen LogP contribution in [0, 0.1) is 0 Å². The van der Waals surface area contributed by atoms with Gasteiger partial charge in [0.2, 0.25) is 5.91 Å². The number of amides is 1. The average Bonchev–Trinajstić information content (AvgIpc) is 3.33. The van der Waals surface area contributed by atoms with Gasteiger partial charge in [0.15, 0.2) is 0 Å². The first-order chi connectivity index (χ1) is 33.5. The van der Waals surface area contributed by atoms with Gasteiger partial charge in [-0.15, -0.1) is 0 Å². The number of carbonyl (C=O) groups is 2. The smallest absolute Gasteiger partial charge is 0.306 e. The van der Waals surface area contributed by atoms with Crippen molar-refractivity contribution in [1.82, 2.24) is 5.32 Å². The van der Waals surface area contributed by atoms with E-state index in [1.165, 1.54) is 128 Å². The first-order valence-corrected chi connectivity index (χ1v) is 28.9. The minimum atomic E-state index is -0.800. The molecule has 68 heavy (non-hydrogen) atoms. The Morgan fingerprint density at radius 2 is 0.838 bits per heavy atom. The van der Waals surface area contributed by atoms with Gasteiger partial charge in [0.1, 0.15) is 6.10 Å². The highest BCUT2D eigenvalue weighted by Gasteiger charge is 2.24. The summed E-state index contributed by atoms with van der Waals surface area (Å²) < 4.78 is 5.95. The molecule has 0 aliphatic carbocycles. The van der Waals surface area contributed by atoms with Crippen molar-refractivity contribution in [2.24, 2.45) is 0 Å². The standard InChI is InChI=1S/C62H109NO5/c1-4-7-10-13-16-19-22-25-28-30-32-34-37-40-43-46-49-52-55-62(67)68-58(53-50-47-44-41-38-35-33-31-29-26-23-20-17-14-11-8-5-2)56-61(66)63-59(57-64)60(65)54-51-48-45-42-39-36-27-24-21-18-15-12-9-6-3/h10,13,16-17,19-20,22,25-26,28-30,32,34,58-60,64-65H,4-9,11-12,14-15,18,21,23-24,27,31,33,35-57H2,1-3H3,(H,63,66)/b13-10+,19-16+,20-17-,25-22+,29-26-,30-28+,34-32+. The molecule has 0 aromatic rings. The highest BCUT2D eigenvalue weighted by Crippen LogP contribution is 2.18. The van der Waals surface area contributed by atoms with Crippen LogP contribution in [0.15, 0.2) is 85.1 Å². The summed E-state index contributed by atoms with van der Waals surface area (Å²) in [6.45, 7) is 6.38. The van der Waals surface area contributed by atoms with Crippen LogP contribution in [-0.2, 0) is 14.3 Å². The number of nitrogens with one attached hydrogen (secondary N) is 1. The van der Waals surface area contributed by atoms with E-state index in [0.29, 0.717) is 19.3 Å². The highest BCUT2D eigenvalue weighted by molar-refractivity contribution is 5.77. The zero-order chi connectivity index (χ0) is 49.5. The molecule has 0 rings (SSSR count). The van der Waals surface area contributed by atoms with E-state index < -0.39 is 18.2 Å². The van der Waals surface area contributed by atoms with Crippen LogP contribution in [0.2, 0.25) is 0 Å². The predicted molar refractivity (Wildman–Crippen MR) is 296 cm³/mol. The molecule has 3 atom stereocenters. The number of unbranched alkanes of at least 4 members (excludes halogenated alkanes) is 29. The van der Waals surface area contributed by atoms with Crippen molar-refractivity contribution < 1.29 is 24.5 Å². The van der Waals surface area contributed by atoms with Crippen LogP contribution in [0.1, 0.15) is 271 Å². The fourth-order valence-corrected chi connectivity index (χ4v) is 8.43. The number of carbonyl (C=O) groups excluding carboxylic acids is 2. The maximum Gasteiger partial charge on any atom is 0.306 e. The molecule has 0 aliphatic heterocycles. The summed E-state index contributed by atoms with van der Waals surface area (Å²) in [5, 5.41) is 23.9. The molecule has 0 spiro atoms. The number of hydrogen-bond donors (Lipinski definition) is 3. The van der Waals surface area contributed by atoms with Crippen LogP contribution in [0.3, 0.4) is 0 Å². The van der Waals surface area contributed by atoms with Gasteiger partial charge in [0, 0.05) is 6.42 Å². The summed E-state index contributed by atoms with van der Waals surface area (Å²) in [4.78, 5) is 26.3. The van der Waals surface area contributed by atoms with Gasteiger partial charge in [0.25, 0.3) is 0 Å². The minimum Gasteiger partial charge on any atom is -0.462 e. The van der Waals surface area contributed by atoms with Crippen molar-refractivity contribution in [2.45, 2.75) is 289 Å². The molecular weight excluding hydrogens is 839 g/mol. The van der Waals surface area contributed by atoms with Crippen molar-refractivity contribution in [3.63, 3.8) is 0 Å². The number of allylic oxidation sites excluding steroid dienone is 14. The van der Waals surface area contributed by atoms with Crippen LogP contribution in [0.4, 0.5) is 0 Å². The summed E-state index contributed by atoms with van der Waals surface area (Å²) >= 11 is 0. The minimum absolute atomic E-state index is 0.0583. The van der Waals surface area contributed by atoms with Crippen molar-refractivity contribution in [2.75, 3.05) is 6.61 Å². The van der Waals surface area contributed by atoms with Gasteiger partial charge >= 0.3 is 5.97 Å². The van der Waals surface area contributed by atoms with Gasteiger partial charge in [-0.05, 0) is 77.0 Å². The van der Waals surface area contributed by atoms with Crippen LogP contribution in [0.5, 0.6) is 0 Å². The Hall–Kier alpha value is -2.96. The van der Waals surface area contributed by atoms with Crippen molar-refractivity contribution in [1.29, 1.82) is 0 Å². The Balaban J connectivity index is 4.65. The molecule has 6 nitrogen and oxygen atoms in total. The van der Waals surface area contributed by atoms with Gasteiger partial charge < -0.3 is 20.3 Å². The van der Waals surface area contributed by atoms with E-state index >= 15 is 0 Å². The molecule has 0 aromatic carbocycles. The maximum atomic E-state index is 13.3. The monoisotopic (exact) mass is 948 g/mol. The zero-order valence-electron chi connectivity index (χ0n) is 44.7. The summed E-state index contributed by atoms with van der Waals surface area (Å²) in [6, 6.07) is -0.715. The second kappa shape index (κ2) is 55.0. The van der Waals surface area contributed by atoms with Crippen LogP contribution in [-0.4, -0.2) is 46.9 Å². The number of aliphatic hydroxyl groups is 2. The summed E-state index contributed by atoms with van der Waals surface area (Å²) in [7, 11) is 0. The summed E-state index contributed by atoms with van der Waals surface area (Å²) in [5.74, 6) is -0.508. The molecule has 0 saturated carbocycles. The number of ether oxygens (including phenoxy) is 1. The van der Waals surface area contributed by atoms with E-state index in [9.17, 15) is 19.8 Å². The van der Waals surface area contributed by atoms with Crippen molar-refractivity contribution in [3.05, 3.63) is 85.1 Å². The molecule has 0 radical (unpaired) electrons.